The molecule has 2 rings (SSSR count). The van der Waals surface area contributed by atoms with Gasteiger partial charge in [-0.3, -0.25) is 0 Å². The van der Waals surface area contributed by atoms with Crippen molar-refractivity contribution in [1.29, 1.82) is 0 Å². The van der Waals surface area contributed by atoms with Crippen molar-refractivity contribution in [2.24, 2.45) is 0 Å². The fraction of sp³-hybridized carbons (Fsp3) is 0.385. The zero-order valence-electron chi connectivity index (χ0n) is 9.69. The summed E-state index contributed by atoms with van der Waals surface area (Å²) in [5.41, 5.74) is 5.04. The molecule has 0 amide bonds. The molecule has 0 saturated heterocycles. The number of hydrogen-bond acceptors (Lipinski definition) is 4. The molecule has 1 aliphatic rings. The molecule has 0 bridgehead atoms. The molecule has 0 radical (unpaired) electrons. The second-order valence-electron chi connectivity index (χ2n) is 4.28. The van der Waals surface area contributed by atoms with Crippen LogP contribution in [0.4, 0.5) is 0 Å². The van der Waals surface area contributed by atoms with Gasteiger partial charge in [0.05, 0.1) is 0 Å². The van der Waals surface area contributed by atoms with Gasteiger partial charge in [0.15, 0.2) is 6.23 Å². The molecule has 1 aromatic rings. The number of benzene rings is 1. The van der Waals surface area contributed by atoms with Gasteiger partial charge in [0.2, 0.25) is 0 Å². The Balaban J connectivity index is 2.21. The smallest absolute Gasteiger partial charge is 0.152 e. The summed E-state index contributed by atoms with van der Waals surface area (Å²) >= 11 is 0. The van der Waals surface area contributed by atoms with Crippen molar-refractivity contribution in [1.82, 2.24) is 10.8 Å². The Labute approximate surface area is 101 Å². The standard InChI is InChI=1S/C13H18N2O2/c1-2-7-14-12-6-5-9-3-4-10(8-11(9)12)13(16)15-17/h2-4,8,12-17H,1,5-7H2. The number of aryl methyl sites for hydroxylation is 1. The van der Waals surface area contributed by atoms with Crippen molar-refractivity contribution in [3.63, 3.8) is 0 Å². The second-order valence-corrected chi connectivity index (χ2v) is 4.28. The highest BCUT2D eigenvalue weighted by atomic mass is 16.5. The highest BCUT2D eigenvalue weighted by Gasteiger charge is 2.22. The van der Waals surface area contributed by atoms with Crippen LogP contribution in [0.2, 0.25) is 0 Å². The molecule has 4 nitrogen and oxygen atoms in total. The number of hydroxylamine groups is 1. The Morgan fingerprint density at radius 2 is 2.35 bits per heavy atom. The van der Waals surface area contributed by atoms with Crippen LogP contribution >= 0.6 is 0 Å². The van der Waals surface area contributed by atoms with E-state index in [0.717, 1.165) is 19.4 Å². The Morgan fingerprint density at radius 3 is 3.06 bits per heavy atom. The first-order valence-corrected chi connectivity index (χ1v) is 5.81. The van der Waals surface area contributed by atoms with E-state index >= 15 is 0 Å². The summed E-state index contributed by atoms with van der Waals surface area (Å²) in [6.45, 7) is 4.46. The van der Waals surface area contributed by atoms with Gasteiger partial charge in [0.1, 0.15) is 0 Å². The highest BCUT2D eigenvalue weighted by molar-refractivity contribution is 5.38. The van der Waals surface area contributed by atoms with Gasteiger partial charge in [-0.25, -0.2) is 0 Å². The molecule has 0 aromatic heterocycles. The normalized spacial score (nSPS) is 20.0. The van der Waals surface area contributed by atoms with Crippen LogP contribution in [0, 0.1) is 0 Å². The lowest BCUT2D eigenvalue weighted by atomic mass is 10.0. The van der Waals surface area contributed by atoms with E-state index in [2.05, 4.69) is 11.9 Å². The van der Waals surface area contributed by atoms with E-state index < -0.39 is 6.23 Å². The molecule has 4 N–H and O–H groups in total. The Kier molecular flexibility index (Phi) is 3.91. The summed E-state index contributed by atoms with van der Waals surface area (Å²) in [4.78, 5) is 0. The lowest BCUT2D eigenvalue weighted by Gasteiger charge is -2.15. The average molecular weight is 234 g/mol. The van der Waals surface area contributed by atoms with Crippen molar-refractivity contribution in [3.05, 3.63) is 47.5 Å². The lowest BCUT2D eigenvalue weighted by Crippen LogP contribution is -2.20. The molecule has 0 saturated carbocycles. The maximum atomic E-state index is 9.53. The average Bonchev–Trinajstić information content (AvgIpc) is 2.77. The Bertz CT molecular complexity index is 406. The molecular weight excluding hydrogens is 216 g/mol. The number of fused-ring (bicyclic) bond motifs is 1. The van der Waals surface area contributed by atoms with Crippen molar-refractivity contribution >= 4 is 0 Å². The molecule has 17 heavy (non-hydrogen) atoms. The first-order chi connectivity index (χ1) is 8.26. The van der Waals surface area contributed by atoms with E-state index in [1.807, 2.05) is 29.8 Å². The number of aliphatic hydroxyl groups is 1. The molecule has 1 aliphatic carbocycles. The van der Waals surface area contributed by atoms with Gasteiger partial charge in [0.25, 0.3) is 0 Å². The van der Waals surface area contributed by atoms with Gasteiger partial charge in [0, 0.05) is 12.6 Å². The van der Waals surface area contributed by atoms with Crippen LogP contribution in [0.1, 0.15) is 35.4 Å². The third-order valence-corrected chi connectivity index (χ3v) is 3.19. The largest absolute Gasteiger partial charge is 0.372 e. The van der Waals surface area contributed by atoms with E-state index in [1.54, 1.807) is 0 Å². The van der Waals surface area contributed by atoms with Crippen LogP contribution in [0.25, 0.3) is 0 Å². The number of aliphatic hydroxyl groups excluding tert-OH is 1. The minimum Gasteiger partial charge on any atom is -0.372 e. The minimum absolute atomic E-state index is 0.314. The molecule has 0 heterocycles. The first kappa shape index (κ1) is 12.3. The van der Waals surface area contributed by atoms with E-state index in [0.29, 0.717) is 11.6 Å². The number of nitrogens with one attached hydrogen (secondary N) is 2. The van der Waals surface area contributed by atoms with Crippen LogP contribution < -0.4 is 10.8 Å². The third kappa shape index (κ3) is 2.56. The predicted molar refractivity (Wildman–Crippen MR) is 65.6 cm³/mol. The SMILES string of the molecule is C=CCNC1CCc2ccc(C(O)NO)cc21. The topological polar surface area (TPSA) is 64.5 Å². The van der Waals surface area contributed by atoms with Gasteiger partial charge in [-0.1, -0.05) is 18.2 Å². The molecule has 4 heteroatoms. The van der Waals surface area contributed by atoms with Crippen LogP contribution in [-0.4, -0.2) is 16.9 Å². The third-order valence-electron chi connectivity index (χ3n) is 3.19. The van der Waals surface area contributed by atoms with Crippen LogP contribution in [0.5, 0.6) is 0 Å². The Hall–Kier alpha value is -1.20. The van der Waals surface area contributed by atoms with Crippen molar-refractivity contribution in [2.45, 2.75) is 25.1 Å². The summed E-state index contributed by atoms with van der Waals surface area (Å²) in [5, 5.41) is 21.6. The summed E-state index contributed by atoms with van der Waals surface area (Å²) in [6, 6.07) is 6.11. The van der Waals surface area contributed by atoms with E-state index in [4.69, 9.17) is 5.21 Å². The quantitative estimate of drug-likeness (QED) is 0.353. The lowest BCUT2D eigenvalue weighted by molar-refractivity contribution is 0.000647. The second kappa shape index (κ2) is 5.42. The van der Waals surface area contributed by atoms with Crippen LogP contribution in [0.15, 0.2) is 30.9 Å². The van der Waals surface area contributed by atoms with E-state index in [-0.39, 0.29) is 0 Å². The van der Waals surface area contributed by atoms with Gasteiger partial charge >= 0.3 is 0 Å². The maximum absolute atomic E-state index is 9.53. The van der Waals surface area contributed by atoms with Crippen LogP contribution in [0.3, 0.4) is 0 Å². The van der Waals surface area contributed by atoms with Crippen molar-refractivity contribution in [2.75, 3.05) is 6.54 Å². The molecule has 2 atom stereocenters. The van der Waals surface area contributed by atoms with Crippen LogP contribution in [-0.2, 0) is 6.42 Å². The monoisotopic (exact) mass is 234 g/mol. The van der Waals surface area contributed by atoms with Gasteiger partial charge < -0.3 is 15.6 Å². The fourth-order valence-electron chi connectivity index (χ4n) is 2.30. The first-order valence-electron chi connectivity index (χ1n) is 5.81. The molecule has 1 aromatic carbocycles. The fourth-order valence-corrected chi connectivity index (χ4v) is 2.30. The molecule has 2 unspecified atom stereocenters. The van der Waals surface area contributed by atoms with Crippen molar-refractivity contribution < 1.29 is 10.3 Å². The minimum atomic E-state index is -1.03. The zero-order valence-corrected chi connectivity index (χ0v) is 9.69. The number of hydrogen-bond donors (Lipinski definition) is 4. The van der Waals surface area contributed by atoms with Crippen molar-refractivity contribution in [3.8, 4) is 0 Å². The summed E-state index contributed by atoms with van der Waals surface area (Å²) in [5.74, 6) is 0. The Morgan fingerprint density at radius 1 is 1.53 bits per heavy atom. The van der Waals surface area contributed by atoms with Gasteiger partial charge in [-0.15, -0.1) is 6.58 Å². The van der Waals surface area contributed by atoms with E-state index in [1.165, 1.54) is 11.1 Å². The summed E-state index contributed by atoms with van der Waals surface area (Å²) in [7, 11) is 0. The molecular formula is C13H18N2O2. The molecule has 92 valence electrons. The summed E-state index contributed by atoms with van der Waals surface area (Å²) in [6.07, 6.45) is 2.93. The maximum Gasteiger partial charge on any atom is 0.152 e. The zero-order chi connectivity index (χ0) is 12.3. The number of rotatable bonds is 5. The highest BCUT2D eigenvalue weighted by Crippen LogP contribution is 2.32. The molecule has 0 fully saturated rings. The van der Waals surface area contributed by atoms with Gasteiger partial charge in [-0.2, -0.15) is 5.48 Å². The summed E-state index contributed by atoms with van der Waals surface area (Å²) < 4.78 is 0. The van der Waals surface area contributed by atoms with Gasteiger partial charge in [-0.05, 0) is 35.6 Å². The molecule has 0 spiro atoms. The molecule has 0 aliphatic heterocycles. The van der Waals surface area contributed by atoms with E-state index in [9.17, 15) is 5.11 Å². The predicted octanol–water partition coefficient (Wildman–Crippen LogP) is 1.42.